The third-order valence-electron chi connectivity index (χ3n) is 3.83. The monoisotopic (exact) mass is 339 g/mol. The summed E-state index contributed by atoms with van der Waals surface area (Å²) < 4.78 is 0. The van der Waals surface area contributed by atoms with Crippen LogP contribution in [0.4, 0.5) is 0 Å². The maximum Gasteiger partial charge on any atom is 0.191 e. The first-order chi connectivity index (χ1) is 7.17. The summed E-state index contributed by atoms with van der Waals surface area (Å²) in [5.41, 5.74) is 6.44. The number of rotatable bonds is 5. The minimum absolute atomic E-state index is 0. The predicted molar refractivity (Wildman–Crippen MR) is 81.4 cm³/mol. The summed E-state index contributed by atoms with van der Waals surface area (Å²) in [6, 6.07) is 0. The highest BCUT2D eigenvalue weighted by atomic mass is 127. The fraction of sp³-hybridized carbons (Fsp3) is 0.917. The minimum atomic E-state index is 0. The van der Waals surface area contributed by atoms with Crippen LogP contribution in [0.3, 0.4) is 0 Å². The van der Waals surface area contributed by atoms with Gasteiger partial charge in [0.05, 0.1) is 0 Å². The van der Waals surface area contributed by atoms with Gasteiger partial charge in [0.1, 0.15) is 0 Å². The first-order valence-electron chi connectivity index (χ1n) is 6.22. The van der Waals surface area contributed by atoms with Gasteiger partial charge in [-0.1, -0.05) is 13.3 Å². The van der Waals surface area contributed by atoms with Crippen molar-refractivity contribution >= 4 is 29.9 Å². The smallest absolute Gasteiger partial charge is 0.191 e. The lowest BCUT2D eigenvalue weighted by Crippen LogP contribution is -2.39. The first kappa shape index (κ1) is 16.0. The van der Waals surface area contributed by atoms with Crippen molar-refractivity contribution in [1.29, 1.82) is 0 Å². The number of hydrogen-bond donors (Lipinski definition) is 1. The predicted octanol–water partition coefficient (Wildman–Crippen LogP) is 2.84. The lowest BCUT2D eigenvalue weighted by Gasteiger charge is -2.40. The van der Waals surface area contributed by atoms with E-state index in [0.717, 1.165) is 25.6 Å². The van der Waals surface area contributed by atoms with Gasteiger partial charge in [0.25, 0.3) is 0 Å². The molecule has 1 saturated carbocycles. The van der Waals surface area contributed by atoms with E-state index in [-0.39, 0.29) is 24.0 Å². The number of halogens is 1. The zero-order valence-electron chi connectivity index (χ0n) is 10.8. The van der Waals surface area contributed by atoms with E-state index in [4.69, 9.17) is 5.73 Å². The third-order valence-corrected chi connectivity index (χ3v) is 3.83. The highest BCUT2D eigenvalue weighted by Gasteiger charge is 2.34. The van der Waals surface area contributed by atoms with Crippen LogP contribution in [0, 0.1) is 5.41 Å². The van der Waals surface area contributed by atoms with Gasteiger partial charge in [0, 0.05) is 19.6 Å². The summed E-state index contributed by atoms with van der Waals surface area (Å²) in [4.78, 5) is 6.66. The van der Waals surface area contributed by atoms with Gasteiger partial charge in [0.15, 0.2) is 5.96 Å². The van der Waals surface area contributed by atoms with Crippen LogP contribution in [-0.2, 0) is 0 Å². The molecule has 0 amide bonds. The molecule has 4 heteroatoms. The molecule has 1 aliphatic rings. The average Bonchev–Trinajstić information content (AvgIpc) is 2.19. The Hall–Kier alpha value is 0. The Labute approximate surface area is 117 Å². The summed E-state index contributed by atoms with van der Waals surface area (Å²) in [6.45, 7) is 9.32. The molecule has 1 rings (SSSR count). The van der Waals surface area contributed by atoms with Crippen molar-refractivity contribution in [3.8, 4) is 0 Å². The SMILES string of the molecule is CCN(CC)C(N)=NCC1(CC)CCC1.I. The van der Waals surface area contributed by atoms with Crippen LogP contribution in [0.2, 0.25) is 0 Å². The van der Waals surface area contributed by atoms with Gasteiger partial charge in [-0.2, -0.15) is 0 Å². The van der Waals surface area contributed by atoms with E-state index < -0.39 is 0 Å². The van der Waals surface area contributed by atoms with E-state index in [9.17, 15) is 0 Å². The molecular formula is C12H26IN3. The van der Waals surface area contributed by atoms with Gasteiger partial charge < -0.3 is 10.6 Å². The van der Waals surface area contributed by atoms with Crippen molar-refractivity contribution in [2.75, 3.05) is 19.6 Å². The van der Waals surface area contributed by atoms with E-state index in [1.54, 1.807) is 0 Å². The molecule has 0 bridgehead atoms. The second-order valence-electron chi connectivity index (χ2n) is 4.55. The van der Waals surface area contributed by atoms with E-state index in [2.05, 4.69) is 30.7 Å². The van der Waals surface area contributed by atoms with Crippen molar-refractivity contribution in [3.63, 3.8) is 0 Å². The molecule has 0 atom stereocenters. The largest absolute Gasteiger partial charge is 0.370 e. The Balaban J connectivity index is 0.00000225. The van der Waals surface area contributed by atoms with E-state index in [0.29, 0.717) is 5.41 Å². The number of nitrogens with zero attached hydrogens (tertiary/aromatic N) is 2. The Bertz CT molecular complexity index is 215. The highest BCUT2D eigenvalue weighted by Crippen LogP contribution is 2.43. The molecule has 0 aromatic heterocycles. The molecule has 2 N–H and O–H groups in total. The molecule has 3 nitrogen and oxygen atoms in total. The van der Waals surface area contributed by atoms with Crippen molar-refractivity contribution in [2.24, 2.45) is 16.1 Å². The molecule has 0 aromatic rings. The maximum atomic E-state index is 5.96. The number of aliphatic imine (C=N–C) groups is 1. The van der Waals surface area contributed by atoms with Crippen molar-refractivity contribution in [1.82, 2.24) is 4.90 Å². The first-order valence-corrected chi connectivity index (χ1v) is 6.22. The van der Waals surface area contributed by atoms with Crippen LogP contribution in [0.5, 0.6) is 0 Å². The molecule has 1 aliphatic carbocycles. The molecule has 0 unspecified atom stereocenters. The van der Waals surface area contributed by atoms with Gasteiger partial charge in [-0.15, -0.1) is 24.0 Å². The summed E-state index contributed by atoms with van der Waals surface area (Å²) in [6.07, 6.45) is 5.27. The molecule has 0 spiro atoms. The molecule has 1 fully saturated rings. The topological polar surface area (TPSA) is 41.6 Å². The molecule has 0 radical (unpaired) electrons. The summed E-state index contributed by atoms with van der Waals surface area (Å²) in [5.74, 6) is 0.722. The van der Waals surface area contributed by atoms with Gasteiger partial charge in [0.2, 0.25) is 0 Å². The zero-order chi connectivity index (χ0) is 11.3. The second-order valence-corrected chi connectivity index (χ2v) is 4.55. The lowest BCUT2D eigenvalue weighted by atomic mass is 9.67. The molecule has 0 aliphatic heterocycles. The summed E-state index contributed by atoms with van der Waals surface area (Å²) in [5, 5.41) is 0. The van der Waals surface area contributed by atoms with Crippen LogP contribution in [0.1, 0.15) is 46.5 Å². The van der Waals surface area contributed by atoms with Crippen LogP contribution < -0.4 is 5.73 Å². The van der Waals surface area contributed by atoms with Crippen LogP contribution >= 0.6 is 24.0 Å². The van der Waals surface area contributed by atoms with Gasteiger partial charge in [-0.25, -0.2) is 0 Å². The van der Waals surface area contributed by atoms with E-state index in [1.807, 2.05) is 0 Å². The van der Waals surface area contributed by atoms with Crippen LogP contribution in [0.25, 0.3) is 0 Å². The fourth-order valence-corrected chi connectivity index (χ4v) is 2.20. The molecule has 0 heterocycles. The van der Waals surface area contributed by atoms with Crippen molar-refractivity contribution < 1.29 is 0 Å². The minimum Gasteiger partial charge on any atom is -0.370 e. The van der Waals surface area contributed by atoms with Gasteiger partial charge in [-0.3, -0.25) is 4.99 Å². The molecule has 96 valence electrons. The second kappa shape index (κ2) is 7.35. The molecular weight excluding hydrogens is 313 g/mol. The Kier molecular flexibility index (Phi) is 7.35. The molecule has 0 saturated heterocycles. The van der Waals surface area contributed by atoms with E-state index in [1.165, 1.54) is 25.7 Å². The quantitative estimate of drug-likeness (QED) is 0.475. The zero-order valence-corrected chi connectivity index (χ0v) is 13.2. The van der Waals surface area contributed by atoms with E-state index >= 15 is 0 Å². The molecule has 0 aromatic carbocycles. The third kappa shape index (κ3) is 3.79. The van der Waals surface area contributed by atoms with Crippen LogP contribution in [0.15, 0.2) is 4.99 Å². The average molecular weight is 339 g/mol. The van der Waals surface area contributed by atoms with Gasteiger partial charge in [-0.05, 0) is 38.5 Å². The lowest BCUT2D eigenvalue weighted by molar-refractivity contribution is 0.139. The fourth-order valence-electron chi connectivity index (χ4n) is 2.20. The standard InChI is InChI=1S/C12H25N3.HI/c1-4-12(8-7-9-12)10-14-11(13)15(5-2)6-3;/h4-10H2,1-3H3,(H2,13,14);1H. The number of nitrogens with two attached hydrogens (primary N) is 1. The normalized spacial score (nSPS) is 18.6. The Morgan fingerprint density at radius 2 is 1.81 bits per heavy atom. The van der Waals surface area contributed by atoms with Crippen LogP contribution in [-0.4, -0.2) is 30.5 Å². The highest BCUT2D eigenvalue weighted by molar-refractivity contribution is 14.0. The number of guanidine groups is 1. The Morgan fingerprint density at radius 3 is 2.12 bits per heavy atom. The van der Waals surface area contributed by atoms with Gasteiger partial charge >= 0.3 is 0 Å². The number of hydrogen-bond acceptors (Lipinski definition) is 1. The molecule has 16 heavy (non-hydrogen) atoms. The maximum absolute atomic E-state index is 5.96. The van der Waals surface area contributed by atoms with Crippen molar-refractivity contribution in [3.05, 3.63) is 0 Å². The Morgan fingerprint density at radius 1 is 1.25 bits per heavy atom. The summed E-state index contributed by atoms with van der Waals surface area (Å²) in [7, 11) is 0. The van der Waals surface area contributed by atoms with Crippen molar-refractivity contribution in [2.45, 2.75) is 46.5 Å². The summed E-state index contributed by atoms with van der Waals surface area (Å²) >= 11 is 0.